The number of benzene rings is 2. The van der Waals surface area contributed by atoms with Crippen LogP contribution in [0.5, 0.6) is 0 Å². The molecular formula is C18H18FN3O3. The molecule has 0 aliphatic rings. The summed E-state index contributed by atoms with van der Waals surface area (Å²) in [7, 11) is 0. The Bertz CT molecular complexity index is 778. The number of hydrogen-bond donors (Lipinski definition) is 3. The first-order valence-corrected chi connectivity index (χ1v) is 7.61. The third-order valence-electron chi connectivity index (χ3n) is 3.21. The van der Waals surface area contributed by atoms with Crippen LogP contribution < -0.4 is 16.0 Å². The zero-order chi connectivity index (χ0) is 18.2. The standard InChI is InChI=1S/C18H18FN3O3/c1-12(23)21-16-10-14(7-8-15(16)19)22-18(25)11-20-17(24)9-13-5-3-2-4-6-13/h2-8,10H,9,11H2,1H3,(H,20,24)(H,21,23)(H,22,25). The summed E-state index contributed by atoms with van der Waals surface area (Å²) < 4.78 is 13.5. The molecule has 0 aliphatic carbocycles. The quantitative estimate of drug-likeness (QED) is 0.750. The second-order valence-electron chi connectivity index (χ2n) is 5.36. The molecule has 130 valence electrons. The lowest BCUT2D eigenvalue weighted by Crippen LogP contribution is -2.33. The topological polar surface area (TPSA) is 87.3 Å². The van der Waals surface area contributed by atoms with Crippen LogP contribution in [0.4, 0.5) is 15.8 Å². The molecule has 0 heterocycles. The molecule has 0 bridgehead atoms. The van der Waals surface area contributed by atoms with Gasteiger partial charge in [0.05, 0.1) is 18.7 Å². The van der Waals surface area contributed by atoms with Crippen LogP contribution in [0.3, 0.4) is 0 Å². The first kappa shape index (κ1) is 18.1. The normalized spacial score (nSPS) is 10.0. The molecule has 2 aromatic carbocycles. The zero-order valence-corrected chi connectivity index (χ0v) is 13.6. The van der Waals surface area contributed by atoms with E-state index < -0.39 is 17.6 Å². The Balaban J connectivity index is 1.85. The number of rotatable bonds is 6. The average Bonchev–Trinajstić information content (AvgIpc) is 2.56. The SMILES string of the molecule is CC(=O)Nc1cc(NC(=O)CNC(=O)Cc2ccccc2)ccc1F. The lowest BCUT2D eigenvalue weighted by Gasteiger charge is -2.09. The molecule has 3 amide bonds. The predicted molar refractivity (Wildman–Crippen MR) is 92.5 cm³/mol. The van der Waals surface area contributed by atoms with Crippen molar-refractivity contribution in [1.82, 2.24) is 5.32 Å². The van der Waals surface area contributed by atoms with Crippen LogP contribution in [-0.4, -0.2) is 24.3 Å². The Labute approximate surface area is 144 Å². The van der Waals surface area contributed by atoms with Crippen LogP contribution in [0.1, 0.15) is 12.5 Å². The highest BCUT2D eigenvalue weighted by Crippen LogP contribution is 2.19. The van der Waals surface area contributed by atoms with Crippen molar-refractivity contribution in [3.63, 3.8) is 0 Å². The van der Waals surface area contributed by atoms with Crippen LogP contribution in [-0.2, 0) is 20.8 Å². The Morgan fingerprint density at radius 1 is 0.960 bits per heavy atom. The third kappa shape index (κ3) is 6.06. The summed E-state index contributed by atoms with van der Waals surface area (Å²) in [5.74, 6) is -1.76. The molecule has 0 saturated heterocycles. The van der Waals surface area contributed by atoms with Gasteiger partial charge in [0.2, 0.25) is 17.7 Å². The van der Waals surface area contributed by atoms with Gasteiger partial charge in [-0.1, -0.05) is 30.3 Å². The van der Waals surface area contributed by atoms with Crippen molar-refractivity contribution in [3.05, 3.63) is 59.9 Å². The molecule has 0 radical (unpaired) electrons. The highest BCUT2D eigenvalue weighted by atomic mass is 19.1. The van der Waals surface area contributed by atoms with E-state index in [-0.39, 0.29) is 24.6 Å². The Morgan fingerprint density at radius 2 is 1.68 bits per heavy atom. The summed E-state index contributed by atoms with van der Waals surface area (Å²) in [5, 5.41) is 7.37. The minimum Gasteiger partial charge on any atom is -0.347 e. The van der Waals surface area contributed by atoms with Crippen LogP contribution in [0, 0.1) is 5.82 Å². The molecule has 0 fully saturated rings. The molecule has 3 N–H and O–H groups in total. The Kier molecular flexibility index (Phi) is 6.22. The number of carbonyl (C=O) groups is 3. The monoisotopic (exact) mass is 343 g/mol. The molecule has 0 aliphatic heterocycles. The molecule has 25 heavy (non-hydrogen) atoms. The molecule has 2 rings (SSSR count). The molecule has 6 nitrogen and oxygen atoms in total. The highest BCUT2D eigenvalue weighted by Gasteiger charge is 2.09. The number of amides is 3. The van der Waals surface area contributed by atoms with Crippen LogP contribution in [0.2, 0.25) is 0 Å². The van der Waals surface area contributed by atoms with Gasteiger partial charge in [0.25, 0.3) is 0 Å². The maximum absolute atomic E-state index is 13.5. The number of hydrogen-bond acceptors (Lipinski definition) is 3. The molecule has 0 saturated carbocycles. The summed E-state index contributed by atoms with van der Waals surface area (Å²) in [4.78, 5) is 34.7. The van der Waals surface area contributed by atoms with E-state index in [1.54, 1.807) is 0 Å². The summed E-state index contributed by atoms with van der Waals surface area (Å²) in [6.07, 6.45) is 0.178. The van der Waals surface area contributed by atoms with E-state index in [4.69, 9.17) is 0 Å². The smallest absolute Gasteiger partial charge is 0.243 e. The van der Waals surface area contributed by atoms with E-state index >= 15 is 0 Å². The van der Waals surface area contributed by atoms with Crippen molar-refractivity contribution in [2.75, 3.05) is 17.2 Å². The van der Waals surface area contributed by atoms with Gasteiger partial charge in [-0.25, -0.2) is 4.39 Å². The Morgan fingerprint density at radius 3 is 2.36 bits per heavy atom. The average molecular weight is 343 g/mol. The summed E-state index contributed by atoms with van der Waals surface area (Å²) >= 11 is 0. The van der Waals surface area contributed by atoms with Gasteiger partial charge >= 0.3 is 0 Å². The lowest BCUT2D eigenvalue weighted by molar-refractivity contribution is -0.123. The van der Waals surface area contributed by atoms with Gasteiger partial charge < -0.3 is 16.0 Å². The van der Waals surface area contributed by atoms with Crippen molar-refractivity contribution < 1.29 is 18.8 Å². The van der Waals surface area contributed by atoms with Gasteiger partial charge in [-0.2, -0.15) is 0 Å². The number of anilines is 2. The van der Waals surface area contributed by atoms with Crippen LogP contribution >= 0.6 is 0 Å². The fraction of sp³-hybridized carbons (Fsp3) is 0.167. The largest absolute Gasteiger partial charge is 0.347 e. The Hall–Kier alpha value is -3.22. The van der Waals surface area contributed by atoms with Crippen molar-refractivity contribution in [2.24, 2.45) is 0 Å². The second kappa shape index (κ2) is 8.58. The zero-order valence-electron chi connectivity index (χ0n) is 13.6. The number of nitrogens with one attached hydrogen (secondary N) is 3. The van der Waals surface area contributed by atoms with E-state index in [2.05, 4.69) is 16.0 Å². The van der Waals surface area contributed by atoms with Crippen molar-refractivity contribution >= 4 is 29.1 Å². The van der Waals surface area contributed by atoms with Gasteiger partial charge in [0, 0.05) is 12.6 Å². The van der Waals surface area contributed by atoms with Crippen LogP contribution in [0.15, 0.2) is 48.5 Å². The van der Waals surface area contributed by atoms with Crippen molar-refractivity contribution in [3.8, 4) is 0 Å². The molecular weight excluding hydrogens is 325 g/mol. The van der Waals surface area contributed by atoms with E-state index in [1.807, 2.05) is 30.3 Å². The molecule has 2 aromatic rings. The number of halogens is 1. The van der Waals surface area contributed by atoms with Crippen molar-refractivity contribution in [1.29, 1.82) is 0 Å². The van der Waals surface area contributed by atoms with Gasteiger partial charge in [-0.15, -0.1) is 0 Å². The number of carbonyl (C=O) groups excluding carboxylic acids is 3. The highest BCUT2D eigenvalue weighted by molar-refractivity contribution is 5.96. The minimum atomic E-state index is -0.607. The van der Waals surface area contributed by atoms with E-state index in [9.17, 15) is 18.8 Å². The first-order valence-electron chi connectivity index (χ1n) is 7.61. The van der Waals surface area contributed by atoms with E-state index in [1.165, 1.54) is 19.1 Å². The summed E-state index contributed by atoms with van der Waals surface area (Å²) in [6.45, 7) is 1.05. The summed E-state index contributed by atoms with van der Waals surface area (Å²) in [5.41, 5.74) is 1.13. The van der Waals surface area contributed by atoms with Crippen LogP contribution in [0.25, 0.3) is 0 Å². The van der Waals surface area contributed by atoms with Crippen molar-refractivity contribution in [2.45, 2.75) is 13.3 Å². The van der Waals surface area contributed by atoms with E-state index in [0.717, 1.165) is 11.6 Å². The predicted octanol–water partition coefficient (Wildman–Crippen LogP) is 2.08. The molecule has 0 aromatic heterocycles. The fourth-order valence-electron chi connectivity index (χ4n) is 2.12. The van der Waals surface area contributed by atoms with Gasteiger partial charge in [0.1, 0.15) is 5.82 Å². The maximum atomic E-state index is 13.5. The summed E-state index contributed by atoms with van der Waals surface area (Å²) in [6, 6.07) is 13.0. The second-order valence-corrected chi connectivity index (χ2v) is 5.36. The molecule has 0 spiro atoms. The third-order valence-corrected chi connectivity index (χ3v) is 3.21. The van der Waals surface area contributed by atoms with Gasteiger partial charge in [0.15, 0.2) is 0 Å². The first-order chi connectivity index (χ1) is 11.9. The lowest BCUT2D eigenvalue weighted by atomic mass is 10.1. The minimum absolute atomic E-state index is 0.0292. The molecule has 0 atom stereocenters. The fourth-order valence-corrected chi connectivity index (χ4v) is 2.12. The van der Waals surface area contributed by atoms with Gasteiger partial charge in [-0.05, 0) is 23.8 Å². The van der Waals surface area contributed by atoms with Gasteiger partial charge in [-0.3, -0.25) is 14.4 Å². The van der Waals surface area contributed by atoms with E-state index in [0.29, 0.717) is 5.69 Å². The molecule has 7 heteroatoms. The maximum Gasteiger partial charge on any atom is 0.243 e. The molecule has 0 unspecified atom stereocenters.